The Morgan fingerprint density at radius 2 is 2.03 bits per heavy atom. The van der Waals surface area contributed by atoms with Gasteiger partial charge in [-0.15, -0.1) is 0 Å². The third-order valence-corrected chi connectivity index (χ3v) is 5.91. The number of nitro groups is 1. The third-order valence-electron chi connectivity index (χ3n) is 4.16. The van der Waals surface area contributed by atoms with Crippen LogP contribution in [0.2, 0.25) is 0 Å². The SMILES string of the molecule is COCCN1C(=O)S/C(=C/c2ccc(OCc3cccc([N+](=O)[O-])c3)c(I)c2)C1=O. The lowest BCUT2D eigenvalue weighted by Gasteiger charge is -2.11. The molecule has 1 fully saturated rings. The van der Waals surface area contributed by atoms with Gasteiger partial charge in [0.2, 0.25) is 0 Å². The predicted octanol–water partition coefficient (Wildman–Crippen LogP) is 4.46. The highest BCUT2D eigenvalue weighted by Gasteiger charge is 2.34. The summed E-state index contributed by atoms with van der Waals surface area (Å²) in [4.78, 5) is 36.4. The molecule has 8 nitrogen and oxygen atoms in total. The topological polar surface area (TPSA) is 99.0 Å². The van der Waals surface area contributed by atoms with Crippen LogP contribution in [0.3, 0.4) is 0 Å². The molecule has 1 heterocycles. The molecular formula is C20H17IN2O6S. The number of carbonyl (C=O) groups is 2. The van der Waals surface area contributed by atoms with Gasteiger partial charge in [0.05, 0.1) is 26.6 Å². The Balaban J connectivity index is 1.69. The molecule has 2 amide bonds. The second-order valence-corrected chi connectivity index (χ2v) is 8.39. The van der Waals surface area contributed by atoms with Crippen LogP contribution in [0.25, 0.3) is 6.08 Å². The zero-order chi connectivity index (χ0) is 21.7. The lowest BCUT2D eigenvalue weighted by Crippen LogP contribution is -2.31. The molecule has 2 aromatic carbocycles. The predicted molar refractivity (Wildman–Crippen MR) is 121 cm³/mol. The molecule has 2 aromatic rings. The Labute approximate surface area is 190 Å². The zero-order valence-corrected chi connectivity index (χ0v) is 18.8. The van der Waals surface area contributed by atoms with Crippen molar-refractivity contribution < 1.29 is 24.0 Å². The second-order valence-electron chi connectivity index (χ2n) is 6.23. The van der Waals surface area contributed by atoms with Crippen LogP contribution < -0.4 is 4.74 Å². The number of ether oxygens (including phenoxy) is 2. The van der Waals surface area contributed by atoms with E-state index >= 15 is 0 Å². The summed E-state index contributed by atoms with van der Waals surface area (Å²) in [5.41, 5.74) is 1.47. The van der Waals surface area contributed by atoms with Crippen molar-refractivity contribution in [1.82, 2.24) is 4.90 Å². The molecule has 10 heteroatoms. The van der Waals surface area contributed by atoms with Crippen molar-refractivity contribution in [2.24, 2.45) is 0 Å². The van der Waals surface area contributed by atoms with E-state index in [4.69, 9.17) is 9.47 Å². The molecule has 0 aliphatic carbocycles. The van der Waals surface area contributed by atoms with Crippen molar-refractivity contribution in [3.05, 3.63) is 72.2 Å². The number of thioether (sulfide) groups is 1. The molecule has 1 saturated heterocycles. The molecule has 1 aliphatic rings. The summed E-state index contributed by atoms with van der Waals surface area (Å²) in [5.74, 6) is 0.288. The molecular weight excluding hydrogens is 523 g/mol. The first-order valence-corrected chi connectivity index (χ1v) is 10.7. The fourth-order valence-corrected chi connectivity index (χ4v) is 4.23. The summed E-state index contributed by atoms with van der Waals surface area (Å²) in [6, 6.07) is 11.7. The minimum atomic E-state index is -0.445. The number of halogens is 1. The molecule has 156 valence electrons. The van der Waals surface area contributed by atoms with E-state index in [0.29, 0.717) is 22.8 Å². The van der Waals surface area contributed by atoms with E-state index in [9.17, 15) is 19.7 Å². The van der Waals surface area contributed by atoms with E-state index in [1.165, 1.54) is 24.1 Å². The lowest BCUT2D eigenvalue weighted by molar-refractivity contribution is -0.384. The van der Waals surface area contributed by atoms with Gasteiger partial charge in [0.1, 0.15) is 12.4 Å². The molecule has 0 atom stereocenters. The van der Waals surface area contributed by atoms with Crippen LogP contribution in [0.15, 0.2) is 47.4 Å². The highest BCUT2D eigenvalue weighted by Crippen LogP contribution is 2.33. The molecule has 1 aliphatic heterocycles. The van der Waals surface area contributed by atoms with Crippen LogP contribution in [-0.2, 0) is 16.1 Å². The Morgan fingerprint density at radius 1 is 1.23 bits per heavy atom. The summed E-state index contributed by atoms with van der Waals surface area (Å²) in [6.45, 7) is 0.704. The number of hydrogen-bond acceptors (Lipinski definition) is 7. The van der Waals surface area contributed by atoms with Crippen molar-refractivity contribution in [3.8, 4) is 5.75 Å². The molecule has 0 spiro atoms. The number of nitro benzene ring substituents is 1. The smallest absolute Gasteiger partial charge is 0.293 e. The van der Waals surface area contributed by atoms with Crippen molar-refractivity contribution in [2.75, 3.05) is 20.3 Å². The molecule has 3 rings (SSSR count). The number of hydrogen-bond donors (Lipinski definition) is 0. The van der Waals surface area contributed by atoms with E-state index < -0.39 is 4.92 Å². The number of imide groups is 1. The summed E-state index contributed by atoms with van der Waals surface area (Å²) in [5, 5.41) is 10.6. The Hall–Kier alpha value is -2.44. The van der Waals surface area contributed by atoms with Crippen molar-refractivity contribution >= 4 is 57.3 Å². The van der Waals surface area contributed by atoms with Gasteiger partial charge in [-0.1, -0.05) is 18.2 Å². The fourth-order valence-electron chi connectivity index (χ4n) is 2.67. The average Bonchev–Trinajstić information content (AvgIpc) is 2.98. The largest absolute Gasteiger partial charge is 0.488 e. The van der Waals surface area contributed by atoms with Crippen LogP contribution in [0, 0.1) is 13.7 Å². The van der Waals surface area contributed by atoms with Crippen LogP contribution in [0.1, 0.15) is 11.1 Å². The summed E-state index contributed by atoms with van der Waals surface area (Å²) >= 11 is 3.02. The standard InChI is InChI=1S/C20H17IN2O6S/c1-28-8-7-22-19(24)18(30-20(22)25)11-13-5-6-17(16(21)10-13)29-12-14-3-2-4-15(9-14)23(26)27/h2-6,9-11H,7-8,12H2,1H3/b18-11+. The molecule has 0 saturated carbocycles. The monoisotopic (exact) mass is 540 g/mol. The third kappa shape index (κ3) is 5.37. The average molecular weight is 540 g/mol. The Bertz CT molecular complexity index is 1030. The van der Waals surface area contributed by atoms with Gasteiger partial charge in [-0.05, 0) is 63.7 Å². The first-order valence-electron chi connectivity index (χ1n) is 8.79. The van der Waals surface area contributed by atoms with Gasteiger partial charge in [-0.3, -0.25) is 24.6 Å². The maximum absolute atomic E-state index is 12.4. The summed E-state index contributed by atoms with van der Waals surface area (Å²) < 4.78 is 11.5. The van der Waals surface area contributed by atoms with Crippen LogP contribution in [-0.4, -0.2) is 41.2 Å². The minimum absolute atomic E-state index is 0.0144. The number of non-ortho nitro benzene ring substituents is 1. The quantitative estimate of drug-likeness (QED) is 0.211. The van der Waals surface area contributed by atoms with Crippen molar-refractivity contribution in [1.29, 1.82) is 0 Å². The van der Waals surface area contributed by atoms with E-state index in [1.54, 1.807) is 30.3 Å². The van der Waals surface area contributed by atoms with Crippen molar-refractivity contribution in [2.45, 2.75) is 6.61 Å². The fraction of sp³-hybridized carbons (Fsp3) is 0.200. The molecule has 30 heavy (non-hydrogen) atoms. The van der Waals surface area contributed by atoms with Gasteiger partial charge >= 0.3 is 0 Å². The van der Waals surface area contributed by atoms with Gasteiger partial charge in [-0.2, -0.15) is 0 Å². The zero-order valence-electron chi connectivity index (χ0n) is 15.9. The molecule has 0 aromatic heterocycles. The number of amides is 2. The van der Waals surface area contributed by atoms with Gasteiger partial charge in [0, 0.05) is 19.2 Å². The van der Waals surface area contributed by atoms with E-state index in [-0.39, 0.29) is 30.0 Å². The van der Waals surface area contributed by atoms with Crippen LogP contribution >= 0.6 is 34.4 Å². The van der Waals surface area contributed by atoms with Gasteiger partial charge in [0.15, 0.2) is 0 Å². The lowest BCUT2D eigenvalue weighted by atomic mass is 10.2. The maximum atomic E-state index is 12.4. The minimum Gasteiger partial charge on any atom is -0.488 e. The van der Waals surface area contributed by atoms with Gasteiger partial charge < -0.3 is 9.47 Å². The first kappa shape index (κ1) is 22.2. The van der Waals surface area contributed by atoms with E-state index in [1.807, 2.05) is 6.07 Å². The second kappa shape index (κ2) is 10.0. The molecule has 0 bridgehead atoms. The maximum Gasteiger partial charge on any atom is 0.293 e. The summed E-state index contributed by atoms with van der Waals surface area (Å²) in [6.07, 6.45) is 1.67. The van der Waals surface area contributed by atoms with Crippen LogP contribution in [0.5, 0.6) is 5.75 Å². The first-order chi connectivity index (χ1) is 14.4. The Kier molecular flexibility index (Phi) is 7.45. The number of nitrogens with zero attached hydrogens (tertiary/aromatic N) is 2. The van der Waals surface area contributed by atoms with Gasteiger partial charge in [-0.25, -0.2) is 0 Å². The van der Waals surface area contributed by atoms with Gasteiger partial charge in [0.25, 0.3) is 16.8 Å². The van der Waals surface area contributed by atoms with E-state index in [0.717, 1.165) is 20.9 Å². The highest BCUT2D eigenvalue weighted by atomic mass is 127. The number of benzene rings is 2. The highest BCUT2D eigenvalue weighted by molar-refractivity contribution is 14.1. The molecule has 0 radical (unpaired) electrons. The summed E-state index contributed by atoms with van der Waals surface area (Å²) in [7, 11) is 1.51. The van der Waals surface area contributed by atoms with E-state index in [2.05, 4.69) is 22.6 Å². The van der Waals surface area contributed by atoms with Crippen molar-refractivity contribution in [3.63, 3.8) is 0 Å². The number of methoxy groups -OCH3 is 1. The Morgan fingerprint density at radius 3 is 2.73 bits per heavy atom. The number of carbonyl (C=O) groups excluding carboxylic acids is 2. The normalized spacial score (nSPS) is 15.1. The molecule has 0 unspecified atom stereocenters. The molecule has 0 N–H and O–H groups in total. The number of rotatable bonds is 8. The van der Waals surface area contributed by atoms with Crippen LogP contribution in [0.4, 0.5) is 10.5 Å².